The molecule has 0 aromatic rings. The Morgan fingerprint density at radius 2 is 0.419 bits per heavy atom. The van der Waals surface area contributed by atoms with Crippen LogP contribution in [0.1, 0.15) is 19.8 Å². The summed E-state index contributed by atoms with van der Waals surface area (Å²) in [6.45, 7) is -1.93. The third kappa shape index (κ3) is 7.31. The van der Waals surface area contributed by atoms with Crippen molar-refractivity contribution in [2.75, 3.05) is 6.54 Å². The van der Waals surface area contributed by atoms with Crippen LogP contribution in [0.25, 0.3) is 0 Å². The Kier molecular flexibility index (Phi) is 14.7. The highest BCUT2D eigenvalue weighted by atomic mass is 28.3. The molecule has 62 heavy (non-hydrogen) atoms. The van der Waals surface area contributed by atoms with E-state index in [2.05, 4.69) is 0 Å². The molecule has 0 heterocycles. The average molecular weight is 1040 g/mol. The van der Waals surface area contributed by atoms with Gasteiger partial charge >= 0.3 is 106 Å². The first-order chi connectivity index (χ1) is 26.2. The first-order valence-corrected chi connectivity index (χ1v) is 15.8. The number of hydrogen-bond donors (Lipinski definition) is 1. The van der Waals surface area contributed by atoms with Crippen LogP contribution in [-0.2, 0) is 0 Å². The fourth-order valence-corrected chi connectivity index (χ4v) is 6.56. The minimum atomic E-state index is -9.95. The van der Waals surface area contributed by atoms with Gasteiger partial charge in [-0.1, -0.05) is 13.3 Å². The van der Waals surface area contributed by atoms with E-state index in [9.17, 15) is 167 Å². The Hall–Kier alpha value is -2.48. The predicted octanol–water partition coefficient (Wildman–Crippen LogP) is 12.5. The molecule has 0 bridgehead atoms. The Labute approximate surface area is 314 Å². The molecule has 0 atom stereocenters. The van der Waals surface area contributed by atoms with Crippen molar-refractivity contribution in [2.45, 2.75) is 126 Å². The molecule has 0 rings (SSSR count). The summed E-state index contributed by atoms with van der Waals surface area (Å²) in [6, 6.07) is 0. The molecule has 0 saturated heterocycles. The summed E-state index contributed by atoms with van der Waals surface area (Å²) in [6.07, 6.45) is -19.3. The molecule has 0 radical (unpaired) electrons. The van der Waals surface area contributed by atoms with Crippen LogP contribution in [0.5, 0.6) is 0 Å². The zero-order chi connectivity index (χ0) is 51.4. The Morgan fingerprint density at radius 1 is 0.258 bits per heavy atom. The van der Waals surface area contributed by atoms with Crippen LogP contribution in [0.2, 0.25) is 0 Å². The topological polar surface area (TPSA) is 12.0 Å². The fourth-order valence-electron chi connectivity index (χ4n) is 4.02. The summed E-state index contributed by atoms with van der Waals surface area (Å²) in [5.41, 5.74) is -18.2. The first-order valence-electron chi connectivity index (χ1n) is 14.1. The molecule has 0 fully saturated rings. The molecule has 374 valence electrons. The average Bonchev–Trinajstić information content (AvgIpc) is 3.03. The lowest BCUT2D eigenvalue weighted by Gasteiger charge is -2.47. The van der Waals surface area contributed by atoms with Gasteiger partial charge in [0.05, 0.1) is 0 Å². The highest BCUT2D eigenvalue weighted by molar-refractivity contribution is 6.62. The van der Waals surface area contributed by atoms with Crippen LogP contribution in [-0.4, -0.2) is 122 Å². The van der Waals surface area contributed by atoms with Gasteiger partial charge < -0.3 is 4.98 Å². The normalized spacial score (nSPS) is 17.0. The number of nitrogens with one attached hydrogen (secondary N) is 1. The second kappa shape index (κ2) is 15.3. The number of halogens is 38. The van der Waals surface area contributed by atoms with Crippen LogP contribution in [0, 0.1) is 0 Å². The van der Waals surface area contributed by atoms with Gasteiger partial charge in [0.25, 0.3) is 8.96 Å². The number of alkyl halides is 38. The number of unbranched alkanes of at least 4 members (excludes halogenated alkanes) is 1. The van der Waals surface area contributed by atoms with Gasteiger partial charge in [-0.25, -0.2) is 17.6 Å². The standard InChI is InChI=1S/C22H11F38NSi/c1-2-3-4-61-62(21(57,58)17(47,48)13(39,40)9(31,32)5(23,24)7(27,28)11(35,36)15(43,44)19(51,52)53)22(59,60)18(49,50)14(41,42)10(33,34)6(25,26)8(29,30)12(37,38)16(45,46)20(54,55)56/h61-62H,2-4H2,1H3. The zero-order valence-corrected chi connectivity index (χ0v) is 28.7. The van der Waals surface area contributed by atoms with Crippen molar-refractivity contribution in [1.82, 2.24) is 4.98 Å². The van der Waals surface area contributed by atoms with E-state index in [1.807, 2.05) is 0 Å². The van der Waals surface area contributed by atoms with Gasteiger partial charge in [0.15, 0.2) is 0 Å². The number of rotatable bonds is 20. The van der Waals surface area contributed by atoms with E-state index in [0.29, 0.717) is 6.92 Å². The summed E-state index contributed by atoms with van der Waals surface area (Å²) < 4.78 is 520. The quantitative estimate of drug-likeness (QED) is 0.0728. The van der Waals surface area contributed by atoms with E-state index >= 15 is 0 Å². The van der Waals surface area contributed by atoms with E-state index in [1.54, 1.807) is 0 Å². The Morgan fingerprint density at radius 3 is 0.581 bits per heavy atom. The van der Waals surface area contributed by atoms with Crippen LogP contribution >= 0.6 is 0 Å². The maximum absolute atomic E-state index is 14.9. The Bertz CT molecular complexity index is 1450. The van der Waals surface area contributed by atoms with E-state index < -0.39 is 140 Å². The molecule has 0 amide bonds. The molecular weight excluding hydrogens is 1030 g/mol. The minimum Gasteiger partial charge on any atom is -0.330 e. The van der Waals surface area contributed by atoms with E-state index in [-0.39, 0.29) is 0 Å². The lowest BCUT2D eigenvalue weighted by atomic mass is 9.89. The third-order valence-corrected chi connectivity index (χ3v) is 10.8. The molecule has 0 aromatic carbocycles. The molecule has 0 spiro atoms. The van der Waals surface area contributed by atoms with Crippen molar-refractivity contribution in [1.29, 1.82) is 0 Å². The SMILES string of the molecule is CCCCN[SiH](C(F)(F)C(F)(F)C(F)(F)C(F)(F)C(F)(F)C(F)(F)C(F)(F)C(F)(F)C(F)(F)F)C(F)(F)C(F)(F)C(F)(F)C(F)(F)C(F)(F)C(F)(F)C(F)(F)C(F)(F)C(F)(F)F. The van der Waals surface area contributed by atoms with Gasteiger partial charge in [-0.3, -0.25) is 0 Å². The Balaban J connectivity index is 8.17. The molecule has 0 unspecified atom stereocenters. The summed E-state index contributed by atoms with van der Waals surface area (Å²) in [5, 5.41) is 0. The van der Waals surface area contributed by atoms with Gasteiger partial charge in [0.2, 0.25) is 0 Å². The molecule has 0 aliphatic rings. The summed E-state index contributed by atoms with van der Waals surface area (Å²) in [4.78, 5) is -0.417. The lowest BCUT2D eigenvalue weighted by molar-refractivity contribution is -0.468. The van der Waals surface area contributed by atoms with Crippen molar-refractivity contribution in [3.8, 4) is 0 Å². The highest BCUT2D eigenvalue weighted by Gasteiger charge is 3.00. The van der Waals surface area contributed by atoms with Gasteiger partial charge in [-0.05, 0) is 13.0 Å². The maximum atomic E-state index is 14.9. The molecule has 0 aliphatic heterocycles. The molecule has 1 nitrogen and oxygen atoms in total. The minimum absolute atomic E-state index is 0.417. The van der Waals surface area contributed by atoms with E-state index in [0.717, 1.165) is 0 Å². The van der Waals surface area contributed by atoms with Crippen molar-refractivity contribution in [3.63, 3.8) is 0 Å². The summed E-state index contributed by atoms with van der Waals surface area (Å²) >= 11 is 0. The largest absolute Gasteiger partial charge is 0.460 e. The van der Waals surface area contributed by atoms with Gasteiger partial charge in [0, 0.05) is 0 Å². The van der Waals surface area contributed by atoms with Gasteiger partial charge in [-0.15, -0.1) is 0 Å². The first kappa shape index (κ1) is 59.5. The molecule has 1 N–H and O–H groups in total. The monoisotopic (exact) mass is 1040 g/mol. The van der Waals surface area contributed by atoms with Crippen molar-refractivity contribution in [2.24, 2.45) is 0 Å². The summed E-state index contributed by atoms with van der Waals surface area (Å²) in [5.74, 6) is -135. The molecule has 0 aromatic heterocycles. The fraction of sp³-hybridized carbons (Fsp3) is 1.00. The second-order valence-corrected chi connectivity index (χ2v) is 14.7. The van der Waals surface area contributed by atoms with Crippen molar-refractivity contribution < 1.29 is 167 Å². The van der Waals surface area contributed by atoms with Gasteiger partial charge in [0.1, 0.15) is 0 Å². The smallest absolute Gasteiger partial charge is 0.330 e. The van der Waals surface area contributed by atoms with Crippen LogP contribution in [0.3, 0.4) is 0 Å². The zero-order valence-electron chi connectivity index (χ0n) is 27.6. The van der Waals surface area contributed by atoms with Crippen molar-refractivity contribution in [3.05, 3.63) is 0 Å². The van der Waals surface area contributed by atoms with Crippen LogP contribution < -0.4 is 4.98 Å². The molecule has 0 saturated carbocycles. The maximum Gasteiger partial charge on any atom is 0.460 e. The number of hydrogen-bond acceptors (Lipinski definition) is 1. The summed E-state index contributed by atoms with van der Waals surface area (Å²) in [7, 11) is -9.38. The van der Waals surface area contributed by atoms with E-state index in [4.69, 9.17) is 0 Å². The lowest BCUT2D eigenvalue weighted by Crippen LogP contribution is -2.82. The van der Waals surface area contributed by atoms with Crippen molar-refractivity contribution >= 4 is 8.96 Å². The predicted molar refractivity (Wildman–Crippen MR) is 121 cm³/mol. The van der Waals surface area contributed by atoms with Crippen LogP contribution in [0.15, 0.2) is 0 Å². The molecule has 40 heteroatoms. The third-order valence-electron chi connectivity index (χ3n) is 7.89. The van der Waals surface area contributed by atoms with Gasteiger partial charge in [-0.2, -0.15) is 149 Å². The van der Waals surface area contributed by atoms with Crippen LogP contribution in [0.4, 0.5) is 167 Å². The second-order valence-electron chi connectivity index (χ2n) is 12.0. The molecule has 0 aliphatic carbocycles. The molecular formula is C22H11F38NSi. The van der Waals surface area contributed by atoms with E-state index in [1.165, 1.54) is 0 Å². The highest BCUT2D eigenvalue weighted by Crippen LogP contribution is 2.68.